The summed E-state index contributed by atoms with van der Waals surface area (Å²) in [5.41, 5.74) is 0.310. The molecule has 11 heteroatoms. The lowest BCUT2D eigenvalue weighted by Gasteiger charge is -2.21. The average Bonchev–Trinajstić information content (AvgIpc) is 2.93. The first-order valence-corrected chi connectivity index (χ1v) is 9.16. The van der Waals surface area contributed by atoms with Gasteiger partial charge in [0.15, 0.2) is 0 Å². The van der Waals surface area contributed by atoms with Crippen molar-refractivity contribution in [1.82, 2.24) is 10.2 Å². The van der Waals surface area contributed by atoms with E-state index in [2.05, 4.69) is 5.32 Å². The molecule has 1 aliphatic carbocycles. The van der Waals surface area contributed by atoms with Gasteiger partial charge in [-0.15, -0.1) is 0 Å². The van der Waals surface area contributed by atoms with Crippen molar-refractivity contribution in [3.8, 4) is 5.75 Å². The molecule has 0 bridgehead atoms. The van der Waals surface area contributed by atoms with E-state index in [1.807, 2.05) is 0 Å². The Morgan fingerprint density at radius 1 is 1.20 bits per heavy atom. The van der Waals surface area contributed by atoms with Gasteiger partial charge in [0.1, 0.15) is 17.9 Å². The number of carbonyl (C=O) groups excluding carboxylic acids is 3. The lowest BCUT2D eigenvalue weighted by molar-refractivity contribution is -0.141. The Kier molecular flexibility index (Phi) is 6.04. The Hall–Kier alpha value is -3.44. The van der Waals surface area contributed by atoms with Gasteiger partial charge in [0.05, 0.1) is 5.94 Å². The molecule has 1 atom stereocenters. The minimum absolute atomic E-state index is 0.0730. The number of benzene rings is 1. The van der Waals surface area contributed by atoms with Crippen LogP contribution in [0.1, 0.15) is 28.8 Å². The average molecular weight is 414 g/mol. The molecular formula is C19H19BN2O8. The van der Waals surface area contributed by atoms with Crippen LogP contribution in [0.5, 0.6) is 5.75 Å². The highest BCUT2D eigenvalue weighted by atomic mass is 16.4. The van der Waals surface area contributed by atoms with Crippen LogP contribution in [0.25, 0.3) is 0 Å². The molecule has 0 fully saturated rings. The first kappa shape index (κ1) is 21.3. The molecule has 1 heterocycles. The van der Waals surface area contributed by atoms with Crippen molar-refractivity contribution >= 4 is 30.8 Å². The normalized spacial score (nSPS) is 16.5. The van der Waals surface area contributed by atoms with E-state index in [1.165, 1.54) is 18.2 Å². The number of hydrogen-bond acceptors (Lipinski definition) is 7. The predicted molar refractivity (Wildman–Crippen MR) is 103 cm³/mol. The smallest absolute Gasteiger partial charge is 0.475 e. The summed E-state index contributed by atoms with van der Waals surface area (Å²) in [6, 6.07) is 3.92. The van der Waals surface area contributed by atoms with Crippen LogP contribution >= 0.6 is 0 Å². The number of carbonyl (C=O) groups is 4. The fourth-order valence-corrected chi connectivity index (χ4v) is 3.42. The molecule has 1 aromatic carbocycles. The fraction of sp³-hybridized carbons (Fsp3) is 0.263. The summed E-state index contributed by atoms with van der Waals surface area (Å²) in [6.45, 7) is -0.608. The van der Waals surface area contributed by atoms with Crippen LogP contribution in [-0.4, -0.2) is 68.5 Å². The van der Waals surface area contributed by atoms with E-state index in [0.29, 0.717) is 18.4 Å². The second-order valence-electron chi connectivity index (χ2n) is 6.94. The second-order valence-corrected chi connectivity index (χ2v) is 6.94. The summed E-state index contributed by atoms with van der Waals surface area (Å²) >= 11 is 0. The summed E-state index contributed by atoms with van der Waals surface area (Å²) < 4.78 is 0. The van der Waals surface area contributed by atoms with Crippen molar-refractivity contribution in [1.29, 1.82) is 0 Å². The Morgan fingerprint density at radius 2 is 1.93 bits per heavy atom. The summed E-state index contributed by atoms with van der Waals surface area (Å²) in [7, 11) is -2.04. The zero-order valence-corrected chi connectivity index (χ0v) is 15.7. The van der Waals surface area contributed by atoms with Crippen LogP contribution < -0.4 is 5.32 Å². The molecule has 156 valence electrons. The molecule has 1 unspecified atom stereocenters. The van der Waals surface area contributed by atoms with Gasteiger partial charge in [-0.1, -0.05) is 24.3 Å². The number of carboxylic acid groups (broad SMARTS) is 1. The molecule has 5 N–H and O–H groups in total. The first-order chi connectivity index (χ1) is 14.2. The van der Waals surface area contributed by atoms with E-state index in [9.17, 15) is 34.3 Å². The molecule has 0 saturated heterocycles. The summed E-state index contributed by atoms with van der Waals surface area (Å²) in [6.07, 6.45) is 4.05. The monoisotopic (exact) mass is 414 g/mol. The van der Waals surface area contributed by atoms with Crippen LogP contribution in [-0.2, 0) is 20.8 Å². The van der Waals surface area contributed by atoms with Crippen molar-refractivity contribution in [3.63, 3.8) is 0 Å². The van der Waals surface area contributed by atoms with Crippen LogP contribution in [0.3, 0.4) is 0 Å². The van der Waals surface area contributed by atoms with Crippen LogP contribution in [0, 0.1) is 0 Å². The number of carboxylic acids is 1. The summed E-state index contributed by atoms with van der Waals surface area (Å²) in [4.78, 5) is 49.1. The number of nitrogens with zero attached hydrogens (tertiary/aromatic N) is 1. The zero-order chi connectivity index (χ0) is 22.0. The minimum atomic E-state index is -2.04. The lowest BCUT2D eigenvalue weighted by atomic mass is 9.75. The number of para-hydroxylation sites is 1. The van der Waals surface area contributed by atoms with Gasteiger partial charge in [0, 0.05) is 11.1 Å². The van der Waals surface area contributed by atoms with Crippen molar-refractivity contribution < 1.29 is 39.4 Å². The fourth-order valence-electron chi connectivity index (χ4n) is 3.42. The number of aromatic hydroxyl groups is 1. The number of amides is 3. The third-order valence-corrected chi connectivity index (χ3v) is 4.95. The van der Waals surface area contributed by atoms with Crippen molar-refractivity contribution in [2.24, 2.45) is 0 Å². The number of rotatable bonds is 7. The zero-order valence-electron chi connectivity index (χ0n) is 15.7. The molecule has 30 heavy (non-hydrogen) atoms. The standard InChI is InChI=1S/C19H19BN2O8/c23-15(9-22-17(25)11-5-1-2-6-12(11)18(22)26)21-14(20(29)30)8-10-4-3-7-13(16(10)24)19(27)28/h1,3-5,7,14,24,29-30H,2,6,8-9H2,(H,21,23)(H,27,28). The maximum Gasteiger partial charge on any atom is 0.475 e. The van der Waals surface area contributed by atoms with E-state index < -0.39 is 49.0 Å². The van der Waals surface area contributed by atoms with Gasteiger partial charge in [-0.25, -0.2) is 4.79 Å². The molecule has 10 nitrogen and oxygen atoms in total. The van der Waals surface area contributed by atoms with E-state index >= 15 is 0 Å². The van der Waals surface area contributed by atoms with Crippen LogP contribution in [0.2, 0.25) is 0 Å². The van der Waals surface area contributed by atoms with Crippen LogP contribution in [0.4, 0.5) is 0 Å². The third kappa shape index (κ3) is 4.12. The van der Waals surface area contributed by atoms with Gasteiger partial charge in [-0.05, 0) is 30.9 Å². The summed E-state index contributed by atoms with van der Waals surface area (Å²) in [5.74, 6) is -5.19. The number of allylic oxidation sites excluding steroid dienone is 1. The molecule has 3 amide bonds. The molecular weight excluding hydrogens is 395 g/mol. The molecule has 0 radical (unpaired) electrons. The maximum absolute atomic E-state index is 12.4. The minimum Gasteiger partial charge on any atom is -0.507 e. The number of nitrogens with one attached hydrogen (secondary N) is 1. The topological polar surface area (TPSA) is 164 Å². The first-order valence-electron chi connectivity index (χ1n) is 9.16. The van der Waals surface area contributed by atoms with Crippen molar-refractivity contribution in [2.75, 3.05) is 6.54 Å². The molecule has 2 aliphatic rings. The summed E-state index contributed by atoms with van der Waals surface area (Å²) in [5, 5.41) is 40.7. The highest BCUT2D eigenvalue weighted by Gasteiger charge is 2.39. The van der Waals surface area contributed by atoms with Crippen LogP contribution in [0.15, 0.2) is 41.5 Å². The number of hydrogen-bond donors (Lipinski definition) is 5. The SMILES string of the molecule is O=C(CN1C(=O)C2=C(CCC=C2)C1=O)NC(Cc1cccc(C(=O)O)c1O)B(O)O. The van der Waals surface area contributed by atoms with E-state index in [1.54, 1.807) is 12.2 Å². The third-order valence-electron chi connectivity index (χ3n) is 4.95. The van der Waals surface area contributed by atoms with Crippen molar-refractivity contribution in [2.45, 2.75) is 25.2 Å². The number of phenols is 1. The Bertz CT molecular complexity index is 985. The van der Waals surface area contributed by atoms with E-state index in [0.717, 1.165) is 4.90 Å². The van der Waals surface area contributed by atoms with Gasteiger partial charge >= 0.3 is 13.1 Å². The number of aromatic carboxylic acids is 1. The van der Waals surface area contributed by atoms with Gasteiger partial charge in [-0.2, -0.15) is 0 Å². The molecule has 1 aliphatic heterocycles. The molecule has 0 spiro atoms. The van der Waals surface area contributed by atoms with Gasteiger partial charge in [0.2, 0.25) is 5.91 Å². The van der Waals surface area contributed by atoms with Crippen molar-refractivity contribution in [3.05, 3.63) is 52.6 Å². The predicted octanol–water partition coefficient (Wildman–Crippen LogP) is -0.855. The van der Waals surface area contributed by atoms with E-state index in [-0.39, 0.29) is 23.1 Å². The Balaban J connectivity index is 1.69. The quantitative estimate of drug-likeness (QED) is 0.284. The Labute approximate surface area is 171 Å². The lowest BCUT2D eigenvalue weighted by Crippen LogP contribution is -2.51. The van der Waals surface area contributed by atoms with Gasteiger partial charge in [-0.3, -0.25) is 19.3 Å². The van der Waals surface area contributed by atoms with E-state index in [4.69, 9.17) is 5.11 Å². The largest absolute Gasteiger partial charge is 0.507 e. The Morgan fingerprint density at radius 3 is 2.57 bits per heavy atom. The number of imide groups is 1. The molecule has 3 rings (SSSR count). The second kappa shape index (κ2) is 8.51. The molecule has 0 saturated carbocycles. The van der Waals surface area contributed by atoms with Gasteiger partial charge < -0.3 is 25.6 Å². The van der Waals surface area contributed by atoms with Gasteiger partial charge in [0.25, 0.3) is 11.8 Å². The molecule has 0 aromatic heterocycles. The maximum atomic E-state index is 12.4. The highest BCUT2D eigenvalue weighted by molar-refractivity contribution is 6.43. The highest BCUT2D eigenvalue weighted by Crippen LogP contribution is 2.29. The molecule has 1 aromatic rings.